The molecule has 0 unspecified atom stereocenters. The summed E-state index contributed by atoms with van der Waals surface area (Å²) in [4.78, 5) is 1.61. The van der Waals surface area contributed by atoms with E-state index in [2.05, 4.69) is 30.2 Å². The molecule has 16 heavy (non-hydrogen) atoms. The number of thiophene rings is 1. The van der Waals surface area contributed by atoms with E-state index in [1.54, 1.807) is 8.46 Å². The molecule has 1 aromatic heterocycles. The first-order chi connectivity index (χ1) is 7.84. The number of rotatable bonds is 6. The summed E-state index contributed by atoms with van der Waals surface area (Å²) in [6.45, 7) is 2.22. The maximum absolute atomic E-state index is 3.28. The normalized spacial score (nSPS) is 9.88. The van der Waals surface area contributed by atoms with Crippen LogP contribution in [0.3, 0.4) is 0 Å². The van der Waals surface area contributed by atoms with Gasteiger partial charge >= 0.3 is 117 Å². The fraction of sp³-hybridized carbons (Fsp3) is 0.571. The quantitative estimate of drug-likeness (QED) is 0.424. The van der Waals surface area contributed by atoms with Crippen LogP contribution in [0.4, 0.5) is 0 Å². The molecule has 1 rings (SSSR count). The van der Waals surface area contributed by atoms with Gasteiger partial charge in [0.2, 0.25) is 0 Å². The van der Waals surface area contributed by atoms with Gasteiger partial charge in [0.05, 0.1) is 0 Å². The standard InChI is InChI=1S/C14H19S.Sn.H/c1-2-3-4-5-6-7-8-9-11-14-12-10-13-15-14;;/h10,13H,2-4,7-9,11H2,1H3;;. The molecule has 0 bridgehead atoms. The van der Waals surface area contributed by atoms with Gasteiger partial charge in [-0.2, -0.15) is 0 Å². The molecule has 0 fully saturated rings. The number of unbranched alkanes of at least 4 members (excludes halogenated alkanes) is 4. The Labute approximate surface area is 117 Å². The van der Waals surface area contributed by atoms with Crippen LogP contribution in [0.5, 0.6) is 0 Å². The van der Waals surface area contributed by atoms with Gasteiger partial charge in [0.15, 0.2) is 0 Å². The van der Waals surface area contributed by atoms with Gasteiger partial charge < -0.3 is 0 Å². The molecule has 0 amide bonds. The Hall–Kier alpha value is 0.0587. The van der Waals surface area contributed by atoms with Gasteiger partial charge in [-0.05, 0) is 0 Å². The molecule has 2 heteroatoms. The molecular formula is C14H20SSn. The Bertz CT molecular complexity index is 343. The minimum absolute atomic E-state index is 1.09. The van der Waals surface area contributed by atoms with E-state index >= 15 is 0 Å². The first-order valence-electron chi connectivity index (χ1n) is 6.12. The Morgan fingerprint density at radius 2 is 1.94 bits per heavy atom. The van der Waals surface area contributed by atoms with Crippen LogP contribution in [0.1, 0.15) is 50.3 Å². The van der Waals surface area contributed by atoms with Crippen LogP contribution in [-0.2, 0) is 6.42 Å². The van der Waals surface area contributed by atoms with Crippen molar-refractivity contribution < 1.29 is 0 Å². The van der Waals surface area contributed by atoms with Crippen LogP contribution in [-0.4, -0.2) is 22.5 Å². The summed E-state index contributed by atoms with van der Waals surface area (Å²) in [5.74, 6) is 6.53. The SMILES string of the molecule is CCCCC#CCCCCc1scc[c]1[SnH]. The van der Waals surface area contributed by atoms with E-state index in [0.717, 1.165) is 12.8 Å². The Morgan fingerprint density at radius 3 is 2.56 bits per heavy atom. The fourth-order valence-electron chi connectivity index (χ4n) is 1.49. The van der Waals surface area contributed by atoms with Crippen LogP contribution < -0.4 is 3.58 Å². The van der Waals surface area contributed by atoms with Gasteiger partial charge in [0, 0.05) is 0 Å². The van der Waals surface area contributed by atoms with Crippen molar-refractivity contribution in [3.05, 3.63) is 16.3 Å². The third-order valence-electron chi connectivity index (χ3n) is 2.52. The second kappa shape index (κ2) is 9.13. The van der Waals surface area contributed by atoms with Crippen molar-refractivity contribution in [1.82, 2.24) is 0 Å². The van der Waals surface area contributed by atoms with E-state index in [4.69, 9.17) is 0 Å². The molecule has 0 aliphatic heterocycles. The molecule has 0 saturated heterocycles. The zero-order chi connectivity index (χ0) is 11.6. The van der Waals surface area contributed by atoms with Crippen molar-refractivity contribution in [2.75, 3.05) is 0 Å². The topological polar surface area (TPSA) is 0 Å². The van der Waals surface area contributed by atoms with Gasteiger partial charge in [0.25, 0.3) is 0 Å². The molecular weight excluding hydrogens is 319 g/mol. The van der Waals surface area contributed by atoms with Crippen LogP contribution in [0, 0.1) is 11.8 Å². The molecule has 0 aliphatic rings. The molecule has 0 aromatic carbocycles. The van der Waals surface area contributed by atoms with Crippen molar-refractivity contribution in [1.29, 1.82) is 0 Å². The van der Waals surface area contributed by atoms with Crippen molar-refractivity contribution in [2.24, 2.45) is 0 Å². The zero-order valence-corrected chi connectivity index (χ0v) is 14.2. The Morgan fingerprint density at radius 1 is 1.19 bits per heavy atom. The average molecular weight is 339 g/mol. The minimum atomic E-state index is 1.09. The summed E-state index contributed by atoms with van der Waals surface area (Å²) in [7, 11) is 0. The summed E-state index contributed by atoms with van der Waals surface area (Å²) in [6.07, 6.45) is 8.52. The summed E-state index contributed by atoms with van der Waals surface area (Å²) >= 11 is 3.19. The van der Waals surface area contributed by atoms with Crippen molar-refractivity contribution in [3.8, 4) is 11.8 Å². The van der Waals surface area contributed by atoms with Gasteiger partial charge in [-0.15, -0.1) is 0 Å². The predicted molar refractivity (Wildman–Crippen MR) is 76.0 cm³/mol. The van der Waals surface area contributed by atoms with E-state index in [1.807, 2.05) is 11.3 Å². The number of hydrogen-bond donors (Lipinski definition) is 0. The van der Waals surface area contributed by atoms with E-state index in [1.165, 1.54) is 54.6 Å². The molecule has 0 aliphatic carbocycles. The molecule has 0 nitrogen and oxygen atoms in total. The first-order valence-corrected chi connectivity index (χ1v) is 8.65. The fourth-order valence-corrected chi connectivity index (χ4v) is 4.01. The van der Waals surface area contributed by atoms with E-state index in [0.29, 0.717) is 0 Å². The molecule has 2 radical (unpaired) electrons. The Kier molecular flexibility index (Phi) is 8.05. The van der Waals surface area contributed by atoms with Crippen molar-refractivity contribution in [3.63, 3.8) is 0 Å². The molecule has 1 heterocycles. The molecule has 0 atom stereocenters. The second-order valence-electron chi connectivity index (χ2n) is 3.96. The van der Waals surface area contributed by atoms with Crippen molar-refractivity contribution >= 4 is 37.4 Å². The molecule has 86 valence electrons. The Balaban J connectivity index is 2.03. The maximum atomic E-state index is 3.28. The summed E-state index contributed by atoms with van der Waals surface area (Å²) < 4.78 is 1.59. The van der Waals surface area contributed by atoms with Crippen LogP contribution in [0.15, 0.2) is 11.4 Å². The molecule has 0 spiro atoms. The van der Waals surface area contributed by atoms with E-state index in [-0.39, 0.29) is 0 Å². The third kappa shape index (κ3) is 5.96. The van der Waals surface area contributed by atoms with Crippen LogP contribution >= 0.6 is 11.3 Å². The zero-order valence-electron chi connectivity index (χ0n) is 10.1. The van der Waals surface area contributed by atoms with Gasteiger partial charge in [-0.25, -0.2) is 0 Å². The summed E-state index contributed by atoms with van der Waals surface area (Å²) in [5.41, 5.74) is 0. The van der Waals surface area contributed by atoms with Crippen LogP contribution in [0.2, 0.25) is 0 Å². The van der Waals surface area contributed by atoms with Gasteiger partial charge in [0.1, 0.15) is 0 Å². The van der Waals surface area contributed by atoms with Crippen LogP contribution in [0.25, 0.3) is 0 Å². The average Bonchev–Trinajstić information content (AvgIpc) is 2.68. The first kappa shape index (κ1) is 14.1. The number of aryl methyl sites for hydroxylation is 1. The summed E-state index contributed by atoms with van der Waals surface area (Å²) in [5, 5.41) is 2.22. The second-order valence-corrected chi connectivity index (χ2v) is 6.74. The predicted octanol–water partition coefficient (Wildman–Crippen LogP) is 3.18. The van der Waals surface area contributed by atoms with E-state index in [9.17, 15) is 0 Å². The molecule has 0 saturated carbocycles. The third-order valence-corrected chi connectivity index (χ3v) is 5.65. The van der Waals surface area contributed by atoms with Gasteiger partial charge in [-0.1, -0.05) is 0 Å². The summed E-state index contributed by atoms with van der Waals surface area (Å²) in [6, 6.07) is 2.27. The molecule has 0 N–H and O–H groups in total. The van der Waals surface area contributed by atoms with Crippen molar-refractivity contribution in [2.45, 2.75) is 51.9 Å². The van der Waals surface area contributed by atoms with Gasteiger partial charge in [-0.3, -0.25) is 0 Å². The molecule has 1 aromatic rings. The monoisotopic (exact) mass is 340 g/mol. The number of hydrogen-bond acceptors (Lipinski definition) is 1. The van der Waals surface area contributed by atoms with E-state index < -0.39 is 0 Å².